The van der Waals surface area contributed by atoms with Gasteiger partial charge in [-0.05, 0) is 31.4 Å². The lowest BCUT2D eigenvalue weighted by atomic mass is 10.2. The van der Waals surface area contributed by atoms with E-state index in [2.05, 4.69) is 25.4 Å². The summed E-state index contributed by atoms with van der Waals surface area (Å²) in [6, 6.07) is 4.36. The average Bonchev–Trinajstić information content (AvgIpc) is 3.37. The van der Waals surface area contributed by atoms with Gasteiger partial charge in [0.2, 0.25) is 0 Å². The Balaban J connectivity index is 1.46. The molecule has 5 rings (SSSR count). The Labute approximate surface area is 193 Å². The Kier molecular flexibility index (Phi) is 5.93. The maximum absolute atomic E-state index is 14.7. The highest BCUT2D eigenvalue weighted by Crippen LogP contribution is 2.36. The number of fused-ring (bicyclic) bond motifs is 1. The van der Waals surface area contributed by atoms with Crippen molar-refractivity contribution in [3.8, 4) is 22.8 Å². The van der Waals surface area contributed by atoms with Crippen LogP contribution in [0.3, 0.4) is 0 Å². The van der Waals surface area contributed by atoms with Crippen molar-refractivity contribution in [2.45, 2.75) is 25.5 Å². The summed E-state index contributed by atoms with van der Waals surface area (Å²) in [4.78, 5) is 13.4. The number of aromatic nitrogens is 5. The highest BCUT2D eigenvalue weighted by atomic mass is 19.1. The zero-order chi connectivity index (χ0) is 23.7. The molecule has 1 N–H and O–H groups in total. The standard InChI is InChI=1S/C23H22F2N6O3/c1-32-16-9-17(33-2)21(25)22(20(16)24)29-18-7-6-14-23(30-18)28-15(11-26-14)13-10-27-31(12-13)19-5-3-4-8-34-19/h6-7,9-12,19H,3-5,8H2,1-2H3,(H,28,29,30). The van der Waals surface area contributed by atoms with Crippen LogP contribution in [0.4, 0.5) is 20.3 Å². The molecule has 1 aromatic carbocycles. The molecule has 0 aliphatic carbocycles. The van der Waals surface area contributed by atoms with E-state index in [0.29, 0.717) is 16.9 Å². The van der Waals surface area contributed by atoms with Gasteiger partial charge in [0.1, 0.15) is 23.2 Å². The second-order valence-corrected chi connectivity index (χ2v) is 7.73. The van der Waals surface area contributed by atoms with Crippen LogP contribution >= 0.6 is 0 Å². The van der Waals surface area contributed by atoms with E-state index in [1.807, 2.05) is 6.20 Å². The van der Waals surface area contributed by atoms with Gasteiger partial charge in [-0.3, -0.25) is 4.98 Å². The zero-order valence-electron chi connectivity index (χ0n) is 18.6. The van der Waals surface area contributed by atoms with Gasteiger partial charge in [0.05, 0.1) is 32.3 Å². The van der Waals surface area contributed by atoms with Crippen LogP contribution in [0, 0.1) is 11.6 Å². The average molecular weight is 468 g/mol. The predicted molar refractivity (Wildman–Crippen MR) is 120 cm³/mol. The van der Waals surface area contributed by atoms with E-state index >= 15 is 0 Å². The number of methoxy groups -OCH3 is 2. The molecule has 1 aliphatic heterocycles. The van der Waals surface area contributed by atoms with E-state index in [1.165, 1.54) is 14.2 Å². The number of hydrogen-bond acceptors (Lipinski definition) is 8. The van der Waals surface area contributed by atoms with Gasteiger partial charge in [0, 0.05) is 24.4 Å². The van der Waals surface area contributed by atoms with Crippen LogP contribution in [0.15, 0.2) is 36.8 Å². The lowest BCUT2D eigenvalue weighted by molar-refractivity contribution is -0.0394. The van der Waals surface area contributed by atoms with Crippen molar-refractivity contribution >= 4 is 22.7 Å². The van der Waals surface area contributed by atoms with Crippen molar-refractivity contribution in [3.05, 3.63) is 48.4 Å². The number of nitrogens with one attached hydrogen (secondary N) is 1. The van der Waals surface area contributed by atoms with Crippen LogP contribution in [0.1, 0.15) is 25.5 Å². The molecule has 0 spiro atoms. The van der Waals surface area contributed by atoms with E-state index < -0.39 is 17.3 Å². The molecule has 176 valence electrons. The Morgan fingerprint density at radius 2 is 1.85 bits per heavy atom. The maximum atomic E-state index is 14.7. The van der Waals surface area contributed by atoms with E-state index in [0.717, 1.165) is 37.5 Å². The first-order valence-electron chi connectivity index (χ1n) is 10.7. The smallest absolute Gasteiger partial charge is 0.191 e. The lowest BCUT2D eigenvalue weighted by Gasteiger charge is -2.22. The molecular formula is C23H22F2N6O3. The molecule has 4 heterocycles. The molecule has 1 unspecified atom stereocenters. The summed E-state index contributed by atoms with van der Waals surface area (Å²) in [6.07, 6.45) is 8.16. The predicted octanol–water partition coefficient (Wildman–Crippen LogP) is 4.63. The van der Waals surface area contributed by atoms with Gasteiger partial charge in [-0.15, -0.1) is 0 Å². The Morgan fingerprint density at radius 3 is 2.56 bits per heavy atom. The monoisotopic (exact) mass is 468 g/mol. The zero-order valence-corrected chi connectivity index (χ0v) is 18.6. The quantitative estimate of drug-likeness (QED) is 0.438. The van der Waals surface area contributed by atoms with Crippen LogP contribution in [0.25, 0.3) is 22.4 Å². The first kappa shape index (κ1) is 22.0. The van der Waals surface area contributed by atoms with Crippen molar-refractivity contribution in [1.82, 2.24) is 24.7 Å². The molecule has 9 nitrogen and oxygen atoms in total. The summed E-state index contributed by atoms with van der Waals surface area (Å²) in [5, 5.41) is 7.07. The van der Waals surface area contributed by atoms with Crippen LogP contribution in [0.2, 0.25) is 0 Å². The third-order valence-electron chi connectivity index (χ3n) is 5.58. The van der Waals surface area contributed by atoms with E-state index in [4.69, 9.17) is 14.2 Å². The minimum atomic E-state index is -0.903. The molecule has 34 heavy (non-hydrogen) atoms. The number of benzene rings is 1. The van der Waals surface area contributed by atoms with Gasteiger partial charge in [0.25, 0.3) is 0 Å². The number of nitrogens with zero attached hydrogens (tertiary/aromatic N) is 5. The van der Waals surface area contributed by atoms with Crippen LogP contribution in [0.5, 0.6) is 11.5 Å². The number of anilines is 2. The summed E-state index contributed by atoms with van der Waals surface area (Å²) in [6.45, 7) is 0.718. The summed E-state index contributed by atoms with van der Waals surface area (Å²) >= 11 is 0. The maximum Gasteiger partial charge on any atom is 0.191 e. The molecule has 0 saturated carbocycles. The summed E-state index contributed by atoms with van der Waals surface area (Å²) in [5.41, 5.74) is 1.72. The van der Waals surface area contributed by atoms with E-state index in [1.54, 1.807) is 29.2 Å². The van der Waals surface area contributed by atoms with Gasteiger partial charge in [-0.1, -0.05) is 0 Å². The number of ether oxygens (including phenoxy) is 3. The second kappa shape index (κ2) is 9.18. The van der Waals surface area contributed by atoms with Gasteiger partial charge >= 0.3 is 0 Å². The summed E-state index contributed by atoms with van der Waals surface area (Å²) in [7, 11) is 2.57. The number of halogens is 2. The van der Waals surface area contributed by atoms with Gasteiger partial charge in [0.15, 0.2) is 28.8 Å². The van der Waals surface area contributed by atoms with Crippen LogP contribution in [-0.4, -0.2) is 45.6 Å². The van der Waals surface area contributed by atoms with E-state index in [-0.39, 0.29) is 23.5 Å². The third-order valence-corrected chi connectivity index (χ3v) is 5.58. The van der Waals surface area contributed by atoms with Gasteiger partial charge in [-0.2, -0.15) is 5.10 Å². The minimum Gasteiger partial charge on any atom is -0.493 e. The SMILES string of the molecule is COc1cc(OC)c(F)c(Nc2ccc3ncc(-c4cnn(C5CCCCO5)c4)nc3n2)c1F. The summed E-state index contributed by atoms with van der Waals surface area (Å²) < 4.78 is 47.0. The van der Waals surface area contributed by atoms with Crippen LogP contribution in [-0.2, 0) is 4.74 Å². The largest absolute Gasteiger partial charge is 0.493 e. The highest BCUT2D eigenvalue weighted by molar-refractivity contribution is 5.76. The second-order valence-electron chi connectivity index (χ2n) is 7.73. The van der Waals surface area contributed by atoms with Crippen molar-refractivity contribution in [3.63, 3.8) is 0 Å². The third kappa shape index (κ3) is 4.10. The number of rotatable bonds is 6. The number of pyridine rings is 1. The molecule has 0 bridgehead atoms. The molecule has 1 saturated heterocycles. The Hall–Kier alpha value is -3.86. The first-order chi connectivity index (χ1) is 16.6. The van der Waals surface area contributed by atoms with Gasteiger partial charge < -0.3 is 19.5 Å². The first-order valence-corrected chi connectivity index (χ1v) is 10.7. The Bertz CT molecular complexity index is 1310. The van der Waals surface area contributed by atoms with Gasteiger partial charge in [-0.25, -0.2) is 23.4 Å². The highest BCUT2D eigenvalue weighted by Gasteiger charge is 2.21. The molecule has 4 aromatic rings. The number of hydrogen-bond donors (Lipinski definition) is 1. The normalized spacial score (nSPS) is 15.9. The fourth-order valence-corrected chi connectivity index (χ4v) is 3.79. The molecule has 0 radical (unpaired) electrons. The molecule has 1 aliphatic rings. The Morgan fingerprint density at radius 1 is 1.06 bits per heavy atom. The topological polar surface area (TPSA) is 96.2 Å². The van der Waals surface area contributed by atoms with Crippen LogP contribution < -0.4 is 14.8 Å². The minimum absolute atomic E-state index is 0.0884. The molecule has 0 amide bonds. The fraction of sp³-hybridized carbons (Fsp3) is 0.304. The molecular weight excluding hydrogens is 446 g/mol. The molecule has 11 heteroatoms. The van der Waals surface area contributed by atoms with Crippen molar-refractivity contribution in [1.29, 1.82) is 0 Å². The van der Waals surface area contributed by atoms with Crippen molar-refractivity contribution in [2.24, 2.45) is 0 Å². The summed E-state index contributed by atoms with van der Waals surface area (Å²) in [5.74, 6) is -1.96. The lowest BCUT2D eigenvalue weighted by Crippen LogP contribution is -2.18. The molecule has 1 fully saturated rings. The van der Waals surface area contributed by atoms with Crippen molar-refractivity contribution < 1.29 is 23.0 Å². The molecule has 3 aromatic heterocycles. The fourth-order valence-electron chi connectivity index (χ4n) is 3.79. The van der Waals surface area contributed by atoms with E-state index in [9.17, 15) is 8.78 Å². The molecule has 1 atom stereocenters. The van der Waals surface area contributed by atoms with Crippen molar-refractivity contribution in [2.75, 3.05) is 26.1 Å².